The monoisotopic (exact) mass is 326 g/mol. The lowest BCUT2D eigenvalue weighted by atomic mass is 9.61. The molecule has 134 valence electrons. The van der Waals surface area contributed by atoms with Crippen molar-refractivity contribution in [3.8, 4) is 0 Å². The minimum absolute atomic E-state index is 0.449. The maximum Gasteiger partial charge on any atom is -0.0154 e. The molecule has 0 spiro atoms. The van der Waals surface area contributed by atoms with Gasteiger partial charge in [0.25, 0.3) is 0 Å². The van der Waals surface area contributed by atoms with Crippen molar-refractivity contribution in [2.24, 2.45) is 10.8 Å². The van der Waals surface area contributed by atoms with E-state index in [0.717, 1.165) is 11.8 Å². The van der Waals surface area contributed by atoms with E-state index < -0.39 is 0 Å². The number of benzene rings is 1. The van der Waals surface area contributed by atoms with Crippen LogP contribution in [0, 0.1) is 10.8 Å². The SMILES string of the molecule is CCC[C@@H](CCC(C)(C)C)c1ccc2c(c1)C[C@@]1(C)CCCC2C1. The summed E-state index contributed by atoms with van der Waals surface area (Å²) in [5, 5.41) is 0. The highest BCUT2D eigenvalue weighted by Gasteiger charge is 2.38. The highest BCUT2D eigenvalue weighted by atomic mass is 14.4. The average molecular weight is 327 g/mol. The van der Waals surface area contributed by atoms with E-state index in [1.807, 2.05) is 0 Å². The zero-order valence-electron chi connectivity index (χ0n) is 16.8. The lowest BCUT2D eigenvalue weighted by molar-refractivity contribution is 0.176. The molecule has 24 heavy (non-hydrogen) atoms. The third-order valence-electron chi connectivity index (χ3n) is 6.65. The summed E-state index contributed by atoms with van der Waals surface area (Å²) < 4.78 is 0. The van der Waals surface area contributed by atoms with Crippen LogP contribution in [0.2, 0.25) is 0 Å². The van der Waals surface area contributed by atoms with Gasteiger partial charge in [-0.05, 0) is 84.3 Å². The van der Waals surface area contributed by atoms with E-state index >= 15 is 0 Å². The number of fused-ring (bicyclic) bond motifs is 4. The third-order valence-corrected chi connectivity index (χ3v) is 6.65. The molecule has 1 unspecified atom stereocenters. The Labute approximate surface area is 150 Å². The van der Waals surface area contributed by atoms with Gasteiger partial charge in [0, 0.05) is 0 Å². The van der Waals surface area contributed by atoms with Crippen LogP contribution in [0.3, 0.4) is 0 Å². The fourth-order valence-corrected chi connectivity index (χ4v) is 5.32. The van der Waals surface area contributed by atoms with Crippen LogP contribution < -0.4 is 0 Å². The molecule has 0 aliphatic heterocycles. The van der Waals surface area contributed by atoms with E-state index in [1.165, 1.54) is 57.8 Å². The fraction of sp³-hybridized carbons (Fsp3) is 0.750. The van der Waals surface area contributed by atoms with E-state index in [0.29, 0.717) is 10.8 Å². The van der Waals surface area contributed by atoms with Crippen LogP contribution in [0.4, 0.5) is 0 Å². The zero-order valence-corrected chi connectivity index (χ0v) is 16.8. The molecule has 0 heterocycles. The smallest absolute Gasteiger partial charge is 0.0154 e. The molecule has 0 heteroatoms. The Morgan fingerprint density at radius 1 is 1.21 bits per heavy atom. The number of rotatable bonds is 5. The molecule has 1 saturated carbocycles. The first-order valence-corrected chi connectivity index (χ1v) is 10.4. The van der Waals surface area contributed by atoms with Crippen LogP contribution in [0.1, 0.15) is 115 Å². The molecule has 0 N–H and O–H groups in total. The fourth-order valence-electron chi connectivity index (χ4n) is 5.32. The normalized spacial score (nSPS) is 27.6. The Morgan fingerprint density at radius 3 is 2.71 bits per heavy atom. The first kappa shape index (κ1) is 18.0. The predicted octanol–water partition coefficient (Wildman–Crippen LogP) is 7.62. The molecule has 2 aliphatic carbocycles. The topological polar surface area (TPSA) is 0 Å². The Kier molecular flexibility index (Phi) is 5.14. The summed E-state index contributed by atoms with van der Waals surface area (Å²) in [7, 11) is 0. The van der Waals surface area contributed by atoms with Gasteiger partial charge in [-0.3, -0.25) is 0 Å². The summed E-state index contributed by atoms with van der Waals surface area (Å²) in [5.41, 5.74) is 6.05. The second-order valence-electron chi connectivity index (χ2n) is 10.3. The molecule has 2 aliphatic rings. The van der Waals surface area contributed by atoms with Crippen LogP contribution in [-0.4, -0.2) is 0 Å². The summed E-state index contributed by atoms with van der Waals surface area (Å²) in [6.45, 7) is 12.0. The van der Waals surface area contributed by atoms with Crippen molar-refractivity contribution in [1.82, 2.24) is 0 Å². The summed E-state index contributed by atoms with van der Waals surface area (Å²) in [5.74, 6) is 1.61. The van der Waals surface area contributed by atoms with Gasteiger partial charge in [-0.1, -0.05) is 65.7 Å². The van der Waals surface area contributed by atoms with E-state index in [-0.39, 0.29) is 0 Å². The lowest BCUT2D eigenvalue weighted by Gasteiger charge is -2.44. The third kappa shape index (κ3) is 4.06. The number of hydrogen-bond donors (Lipinski definition) is 0. The van der Waals surface area contributed by atoms with Crippen molar-refractivity contribution in [3.63, 3.8) is 0 Å². The first-order chi connectivity index (χ1) is 11.3. The van der Waals surface area contributed by atoms with Gasteiger partial charge in [0.15, 0.2) is 0 Å². The quantitative estimate of drug-likeness (QED) is 0.522. The van der Waals surface area contributed by atoms with Gasteiger partial charge in [0.05, 0.1) is 0 Å². The Balaban J connectivity index is 1.83. The van der Waals surface area contributed by atoms with Gasteiger partial charge in [-0.25, -0.2) is 0 Å². The molecule has 0 aromatic heterocycles. The second-order valence-corrected chi connectivity index (χ2v) is 10.3. The largest absolute Gasteiger partial charge is 0.0654 e. The van der Waals surface area contributed by atoms with E-state index in [1.54, 1.807) is 16.7 Å². The Hall–Kier alpha value is -0.780. The number of hydrogen-bond acceptors (Lipinski definition) is 0. The van der Waals surface area contributed by atoms with E-state index in [2.05, 4.69) is 52.8 Å². The molecule has 3 rings (SSSR count). The molecule has 0 amide bonds. The maximum absolute atomic E-state index is 2.62. The van der Waals surface area contributed by atoms with Crippen molar-refractivity contribution < 1.29 is 0 Å². The van der Waals surface area contributed by atoms with Gasteiger partial charge in [-0.15, -0.1) is 0 Å². The molecule has 3 atom stereocenters. The minimum Gasteiger partial charge on any atom is -0.0654 e. The van der Waals surface area contributed by atoms with Gasteiger partial charge in [0.1, 0.15) is 0 Å². The van der Waals surface area contributed by atoms with Crippen LogP contribution in [0.15, 0.2) is 18.2 Å². The molecule has 1 aromatic rings. The summed E-state index contributed by atoms with van der Waals surface area (Å²) >= 11 is 0. The Morgan fingerprint density at radius 2 is 2.00 bits per heavy atom. The summed E-state index contributed by atoms with van der Waals surface area (Å²) in [6, 6.07) is 7.62. The molecule has 0 saturated heterocycles. The van der Waals surface area contributed by atoms with Crippen molar-refractivity contribution >= 4 is 0 Å². The second kappa shape index (κ2) is 6.85. The molecular weight excluding hydrogens is 288 g/mol. The van der Waals surface area contributed by atoms with Crippen LogP contribution >= 0.6 is 0 Å². The lowest BCUT2D eigenvalue weighted by Crippen LogP contribution is -2.32. The molecule has 0 radical (unpaired) electrons. The van der Waals surface area contributed by atoms with Crippen LogP contribution in [0.25, 0.3) is 0 Å². The van der Waals surface area contributed by atoms with Gasteiger partial charge >= 0.3 is 0 Å². The van der Waals surface area contributed by atoms with Gasteiger partial charge in [-0.2, -0.15) is 0 Å². The van der Waals surface area contributed by atoms with Crippen molar-refractivity contribution in [2.75, 3.05) is 0 Å². The predicted molar refractivity (Wildman–Crippen MR) is 106 cm³/mol. The molecule has 1 aromatic carbocycles. The van der Waals surface area contributed by atoms with Crippen LogP contribution in [0.5, 0.6) is 0 Å². The molecule has 1 fully saturated rings. The molecule has 2 bridgehead atoms. The first-order valence-electron chi connectivity index (χ1n) is 10.4. The highest BCUT2D eigenvalue weighted by molar-refractivity contribution is 5.39. The van der Waals surface area contributed by atoms with E-state index in [9.17, 15) is 0 Å². The van der Waals surface area contributed by atoms with Crippen LogP contribution in [-0.2, 0) is 6.42 Å². The minimum atomic E-state index is 0.449. The summed E-state index contributed by atoms with van der Waals surface area (Å²) in [6.07, 6.45) is 12.4. The van der Waals surface area contributed by atoms with Gasteiger partial charge < -0.3 is 0 Å². The Bertz CT molecular complexity index is 562. The summed E-state index contributed by atoms with van der Waals surface area (Å²) in [4.78, 5) is 0. The van der Waals surface area contributed by atoms with Gasteiger partial charge in [0.2, 0.25) is 0 Å². The van der Waals surface area contributed by atoms with E-state index in [4.69, 9.17) is 0 Å². The molecule has 0 nitrogen and oxygen atoms in total. The zero-order chi connectivity index (χ0) is 17.4. The van der Waals surface area contributed by atoms with Crippen molar-refractivity contribution in [3.05, 3.63) is 34.9 Å². The van der Waals surface area contributed by atoms with Crippen molar-refractivity contribution in [1.29, 1.82) is 0 Å². The maximum atomic E-state index is 2.62. The standard InChI is InChI=1S/C24H38/c1-6-8-18(12-14-23(2,3)4)19-10-11-22-20-9-7-13-24(5,16-20)17-21(22)15-19/h10-11,15,18,20H,6-9,12-14,16-17H2,1-5H3/t18-,20?,24-/m0/s1. The van der Waals surface area contributed by atoms with Crippen molar-refractivity contribution in [2.45, 2.75) is 104 Å². The molecular formula is C24H38. The highest BCUT2D eigenvalue weighted by Crippen LogP contribution is 2.51. The average Bonchev–Trinajstić information content (AvgIpc) is 2.49.